The van der Waals surface area contributed by atoms with E-state index in [4.69, 9.17) is 22.9 Å². The summed E-state index contributed by atoms with van der Waals surface area (Å²) in [4.78, 5) is 4.74. The van der Waals surface area contributed by atoms with Crippen LogP contribution in [0.1, 0.15) is 32.6 Å². The smallest absolute Gasteiger partial charge is 0.0366 e. The fourth-order valence-electron chi connectivity index (χ4n) is 2.63. The van der Waals surface area contributed by atoms with Crippen molar-refractivity contribution in [1.82, 2.24) is 4.90 Å². The third-order valence-corrected chi connectivity index (χ3v) is 4.19. The number of hydrogen-bond donors (Lipinski definition) is 4. The van der Waals surface area contributed by atoms with Crippen LogP contribution in [0.5, 0.6) is 0 Å². The zero-order valence-corrected chi connectivity index (χ0v) is 16.8. The molecule has 0 saturated heterocycles. The van der Waals surface area contributed by atoms with Crippen molar-refractivity contribution in [2.24, 2.45) is 22.9 Å². The van der Waals surface area contributed by atoms with E-state index in [0.29, 0.717) is 0 Å². The highest BCUT2D eigenvalue weighted by Crippen LogP contribution is 2.13. The molecule has 0 atom stereocenters. The number of anilines is 1. The van der Waals surface area contributed by atoms with Crippen molar-refractivity contribution >= 4 is 5.69 Å². The highest BCUT2D eigenvalue weighted by molar-refractivity contribution is 5.45. The lowest BCUT2D eigenvalue weighted by Crippen LogP contribution is -2.28. The van der Waals surface area contributed by atoms with E-state index in [1.54, 1.807) is 0 Å². The second-order valence-corrected chi connectivity index (χ2v) is 6.33. The zero-order chi connectivity index (χ0) is 19.5. The van der Waals surface area contributed by atoms with E-state index in [2.05, 4.69) is 41.0 Å². The lowest BCUT2D eigenvalue weighted by atomic mass is 10.2. The number of nitrogens with two attached hydrogens (primary N) is 4. The van der Waals surface area contributed by atoms with Gasteiger partial charge in [0, 0.05) is 18.8 Å². The predicted molar refractivity (Wildman–Crippen MR) is 115 cm³/mol. The first-order valence-electron chi connectivity index (χ1n) is 10.1. The molecule has 1 aromatic rings. The van der Waals surface area contributed by atoms with Crippen LogP contribution in [0.25, 0.3) is 0 Å². The van der Waals surface area contributed by atoms with Crippen molar-refractivity contribution in [3.8, 4) is 0 Å². The topological polar surface area (TPSA) is 111 Å². The summed E-state index contributed by atoms with van der Waals surface area (Å²) in [5.41, 5.74) is 23.1. The second kappa shape index (κ2) is 18.6. The van der Waals surface area contributed by atoms with E-state index in [1.165, 1.54) is 5.69 Å². The average molecular weight is 367 g/mol. The van der Waals surface area contributed by atoms with Gasteiger partial charge in [-0.2, -0.15) is 0 Å². The Morgan fingerprint density at radius 2 is 1.08 bits per heavy atom. The van der Waals surface area contributed by atoms with Gasteiger partial charge >= 0.3 is 0 Å². The first kappa shape index (κ1) is 24.8. The molecule has 1 aromatic carbocycles. The molecule has 0 aliphatic rings. The number of nitrogens with zero attached hydrogens (tertiary/aromatic N) is 2. The van der Waals surface area contributed by atoms with Gasteiger partial charge in [-0.25, -0.2) is 0 Å². The summed E-state index contributed by atoms with van der Waals surface area (Å²) in [6.07, 6.45) is 4.25. The largest absolute Gasteiger partial charge is 0.371 e. The van der Waals surface area contributed by atoms with E-state index in [1.807, 2.05) is 6.07 Å². The van der Waals surface area contributed by atoms with Crippen LogP contribution < -0.4 is 27.8 Å². The van der Waals surface area contributed by atoms with E-state index in [0.717, 1.165) is 84.6 Å². The van der Waals surface area contributed by atoms with Crippen molar-refractivity contribution in [2.75, 3.05) is 63.8 Å². The molecule has 0 bridgehead atoms. The molecule has 6 heteroatoms. The summed E-state index contributed by atoms with van der Waals surface area (Å²) in [6, 6.07) is 10.4. The molecule has 6 nitrogen and oxygen atoms in total. The van der Waals surface area contributed by atoms with Crippen molar-refractivity contribution in [1.29, 1.82) is 0 Å². The minimum Gasteiger partial charge on any atom is -0.371 e. The van der Waals surface area contributed by atoms with Crippen LogP contribution in [0.4, 0.5) is 5.69 Å². The number of para-hydroxylation sites is 1. The van der Waals surface area contributed by atoms with Gasteiger partial charge in [0.05, 0.1) is 0 Å². The molecule has 152 valence electrons. The summed E-state index contributed by atoms with van der Waals surface area (Å²) in [7, 11) is 0. The van der Waals surface area contributed by atoms with Crippen LogP contribution in [-0.4, -0.2) is 63.8 Å². The van der Waals surface area contributed by atoms with Gasteiger partial charge in [0.25, 0.3) is 0 Å². The van der Waals surface area contributed by atoms with Crippen LogP contribution in [0, 0.1) is 0 Å². The Morgan fingerprint density at radius 3 is 1.46 bits per heavy atom. The van der Waals surface area contributed by atoms with E-state index in [-0.39, 0.29) is 0 Å². The number of rotatable bonds is 14. The second-order valence-electron chi connectivity index (χ2n) is 6.33. The average Bonchev–Trinajstić information content (AvgIpc) is 2.69. The maximum atomic E-state index is 5.53. The maximum Gasteiger partial charge on any atom is 0.0366 e. The van der Waals surface area contributed by atoms with Gasteiger partial charge in [-0.15, -0.1) is 0 Å². The lowest BCUT2D eigenvalue weighted by Gasteiger charge is -2.24. The minimum atomic E-state index is 0.742. The molecule has 0 aliphatic carbocycles. The Hall–Kier alpha value is -1.18. The predicted octanol–water partition coefficient (Wildman–Crippen LogP) is 1.20. The Balaban J connectivity index is 0.000000508. The molecule has 0 radical (unpaired) electrons. The molecule has 0 fully saturated rings. The van der Waals surface area contributed by atoms with Gasteiger partial charge in [-0.05, 0) is 83.6 Å². The highest BCUT2D eigenvalue weighted by atomic mass is 15.1. The normalized spacial score (nSPS) is 10.5. The standard InChI is InChI=1S/C12H21N3.C8H21N3/c13-8-4-10-15(11-5-9-14)12-6-2-1-3-7-12;1-2-11(7-3-5-9)8-4-6-10/h1-3,6-7H,4-5,8-11,13-14H2;2-10H2,1H3. The molecule has 26 heavy (non-hydrogen) atoms. The summed E-state index contributed by atoms with van der Waals surface area (Å²) >= 11 is 0. The summed E-state index contributed by atoms with van der Waals surface area (Å²) in [5, 5.41) is 0. The third kappa shape index (κ3) is 13.1. The molecule has 1 rings (SSSR count). The Labute approximate surface area is 160 Å². The van der Waals surface area contributed by atoms with Crippen LogP contribution in [0.2, 0.25) is 0 Å². The Bertz CT molecular complexity index is 371. The summed E-state index contributed by atoms with van der Waals surface area (Å²) in [5.74, 6) is 0. The van der Waals surface area contributed by atoms with E-state index in [9.17, 15) is 0 Å². The molecule has 8 N–H and O–H groups in total. The molecule has 0 saturated carbocycles. The van der Waals surface area contributed by atoms with Gasteiger partial charge in [0.2, 0.25) is 0 Å². The van der Waals surface area contributed by atoms with Gasteiger partial charge in [-0.1, -0.05) is 25.1 Å². The number of benzene rings is 1. The van der Waals surface area contributed by atoms with Crippen molar-refractivity contribution in [3.63, 3.8) is 0 Å². The van der Waals surface area contributed by atoms with Gasteiger partial charge in [-0.3, -0.25) is 0 Å². The fourth-order valence-corrected chi connectivity index (χ4v) is 2.63. The van der Waals surface area contributed by atoms with Crippen LogP contribution >= 0.6 is 0 Å². The molecule has 0 aromatic heterocycles. The molecule has 0 amide bonds. The maximum absolute atomic E-state index is 5.53. The SMILES string of the molecule is CCN(CCCN)CCCN.NCCCN(CCCN)c1ccccc1. The van der Waals surface area contributed by atoms with Crippen LogP contribution in [0.3, 0.4) is 0 Å². The molecule has 0 spiro atoms. The zero-order valence-electron chi connectivity index (χ0n) is 16.8. The number of hydrogen-bond acceptors (Lipinski definition) is 6. The first-order chi connectivity index (χ1) is 12.7. The van der Waals surface area contributed by atoms with Crippen LogP contribution in [0.15, 0.2) is 30.3 Å². The Kier molecular flexibility index (Phi) is 17.8. The quantitative estimate of drug-likeness (QED) is 0.394. The molecular formula is C20H42N6. The third-order valence-electron chi connectivity index (χ3n) is 4.19. The van der Waals surface area contributed by atoms with Crippen molar-refractivity contribution in [2.45, 2.75) is 32.6 Å². The Morgan fingerprint density at radius 1 is 0.654 bits per heavy atom. The van der Waals surface area contributed by atoms with Gasteiger partial charge in [0.1, 0.15) is 0 Å². The molecule has 0 aliphatic heterocycles. The summed E-state index contributed by atoms with van der Waals surface area (Å²) < 4.78 is 0. The highest BCUT2D eigenvalue weighted by Gasteiger charge is 2.04. The molecule has 0 unspecified atom stereocenters. The minimum absolute atomic E-state index is 0.742. The lowest BCUT2D eigenvalue weighted by molar-refractivity contribution is 0.284. The fraction of sp³-hybridized carbons (Fsp3) is 0.700. The van der Waals surface area contributed by atoms with E-state index >= 15 is 0 Å². The molecular weight excluding hydrogens is 324 g/mol. The van der Waals surface area contributed by atoms with E-state index < -0.39 is 0 Å². The van der Waals surface area contributed by atoms with Gasteiger partial charge < -0.3 is 32.7 Å². The van der Waals surface area contributed by atoms with Crippen molar-refractivity contribution < 1.29 is 0 Å². The molecule has 0 heterocycles. The van der Waals surface area contributed by atoms with Crippen molar-refractivity contribution in [3.05, 3.63) is 30.3 Å². The van der Waals surface area contributed by atoms with Crippen LogP contribution in [-0.2, 0) is 0 Å². The van der Waals surface area contributed by atoms with Gasteiger partial charge in [0.15, 0.2) is 0 Å². The summed E-state index contributed by atoms with van der Waals surface area (Å²) in [6.45, 7) is 10.6. The first-order valence-corrected chi connectivity index (χ1v) is 10.1. The monoisotopic (exact) mass is 366 g/mol.